The highest BCUT2D eigenvalue weighted by Crippen LogP contribution is 2.28. The monoisotopic (exact) mass is 248 g/mol. The molecule has 2 atom stereocenters. The number of fused-ring (bicyclic) bond motifs is 1. The topological polar surface area (TPSA) is 96.5 Å². The number of tetrazole rings is 1. The van der Waals surface area contributed by atoms with E-state index in [1.54, 1.807) is 17.0 Å². The van der Waals surface area contributed by atoms with Crippen molar-refractivity contribution in [3.05, 3.63) is 12.1 Å². The second kappa shape index (κ2) is 3.90. The van der Waals surface area contributed by atoms with Gasteiger partial charge in [-0.25, -0.2) is 4.79 Å². The highest BCUT2D eigenvalue weighted by atomic mass is 16.4. The molecule has 0 spiro atoms. The molecule has 3 rings (SSSR count). The number of hydrogen-bond donors (Lipinski definition) is 1. The minimum Gasteiger partial charge on any atom is -0.480 e. The van der Waals surface area contributed by atoms with Gasteiger partial charge in [0.15, 0.2) is 11.5 Å². The fraction of sp³-hybridized carbons (Fsp3) is 0.500. The first-order valence-electron chi connectivity index (χ1n) is 5.71. The maximum atomic E-state index is 11.3. The minimum absolute atomic E-state index is 0.105. The van der Waals surface area contributed by atoms with E-state index in [0.29, 0.717) is 18.0 Å². The molecule has 0 amide bonds. The summed E-state index contributed by atoms with van der Waals surface area (Å²) in [7, 11) is 0. The largest absolute Gasteiger partial charge is 0.480 e. The Hall–Kier alpha value is -2.25. The number of carbonyl (C=O) groups is 1. The maximum Gasteiger partial charge on any atom is 0.326 e. The van der Waals surface area contributed by atoms with Crippen molar-refractivity contribution in [2.24, 2.45) is 5.92 Å². The molecule has 1 saturated heterocycles. The third-order valence-corrected chi connectivity index (χ3v) is 3.30. The van der Waals surface area contributed by atoms with Crippen LogP contribution in [0.1, 0.15) is 13.3 Å². The summed E-state index contributed by atoms with van der Waals surface area (Å²) >= 11 is 0. The van der Waals surface area contributed by atoms with Crippen molar-refractivity contribution in [2.75, 3.05) is 11.4 Å². The molecule has 0 saturated carbocycles. The molecule has 2 unspecified atom stereocenters. The predicted molar refractivity (Wildman–Crippen MR) is 61.1 cm³/mol. The molecule has 18 heavy (non-hydrogen) atoms. The Morgan fingerprint density at radius 3 is 3.11 bits per heavy atom. The number of rotatable bonds is 2. The van der Waals surface area contributed by atoms with Gasteiger partial charge in [-0.1, -0.05) is 6.92 Å². The smallest absolute Gasteiger partial charge is 0.326 e. The maximum absolute atomic E-state index is 11.3. The zero-order valence-electron chi connectivity index (χ0n) is 9.76. The lowest BCUT2D eigenvalue weighted by Crippen LogP contribution is -2.39. The normalized spacial score (nSPS) is 23.7. The van der Waals surface area contributed by atoms with Gasteiger partial charge in [0.1, 0.15) is 6.04 Å². The molecule has 1 fully saturated rings. The summed E-state index contributed by atoms with van der Waals surface area (Å²) in [6, 6.07) is 2.94. The number of carboxylic acids is 1. The Morgan fingerprint density at radius 1 is 1.50 bits per heavy atom. The molecule has 0 aliphatic carbocycles. The van der Waals surface area contributed by atoms with E-state index in [0.717, 1.165) is 6.42 Å². The second-order valence-electron chi connectivity index (χ2n) is 4.46. The average Bonchev–Trinajstić information content (AvgIpc) is 2.93. The van der Waals surface area contributed by atoms with E-state index < -0.39 is 12.0 Å². The van der Waals surface area contributed by atoms with Crippen LogP contribution in [-0.4, -0.2) is 48.9 Å². The predicted octanol–water partition coefficient (Wildman–Crippen LogP) is -0.181. The third-order valence-electron chi connectivity index (χ3n) is 3.30. The molecule has 0 aromatic carbocycles. The number of aliphatic carboxylic acids is 1. The lowest BCUT2D eigenvalue weighted by molar-refractivity contribution is -0.139. The van der Waals surface area contributed by atoms with Crippen molar-refractivity contribution in [3.8, 4) is 0 Å². The van der Waals surface area contributed by atoms with Crippen molar-refractivity contribution in [3.63, 3.8) is 0 Å². The van der Waals surface area contributed by atoms with E-state index >= 15 is 0 Å². The van der Waals surface area contributed by atoms with Crippen molar-refractivity contribution in [1.82, 2.24) is 25.3 Å². The van der Waals surface area contributed by atoms with Gasteiger partial charge in [0, 0.05) is 6.54 Å². The molecule has 94 valence electrons. The van der Waals surface area contributed by atoms with Crippen LogP contribution in [0.3, 0.4) is 0 Å². The van der Waals surface area contributed by atoms with Gasteiger partial charge in [0.2, 0.25) is 0 Å². The lowest BCUT2D eigenvalue weighted by Gasteiger charge is -2.23. The van der Waals surface area contributed by atoms with Crippen molar-refractivity contribution >= 4 is 17.4 Å². The summed E-state index contributed by atoms with van der Waals surface area (Å²) in [6.45, 7) is 2.62. The molecule has 1 aliphatic rings. The van der Waals surface area contributed by atoms with Crippen LogP contribution in [0, 0.1) is 5.92 Å². The van der Waals surface area contributed by atoms with Gasteiger partial charge < -0.3 is 10.0 Å². The molecular formula is C10H12N6O2. The molecule has 8 heteroatoms. The van der Waals surface area contributed by atoms with E-state index in [2.05, 4.69) is 20.6 Å². The highest BCUT2D eigenvalue weighted by Gasteiger charge is 2.37. The molecule has 2 aromatic rings. The standard InChI is InChI=1S/C10H12N6O2/c1-6-4-5-15(9(6)10(17)18)8-3-2-7-11-13-14-16(7)12-8/h2-3,6,9H,4-5H2,1H3,(H,17,18). The molecule has 8 nitrogen and oxygen atoms in total. The summed E-state index contributed by atoms with van der Waals surface area (Å²) in [5, 5.41) is 24.5. The fourth-order valence-corrected chi connectivity index (χ4v) is 2.37. The van der Waals surface area contributed by atoms with Crippen LogP contribution in [0.25, 0.3) is 5.65 Å². The quantitative estimate of drug-likeness (QED) is 0.787. The Bertz CT molecular complexity index is 597. The van der Waals surface area contributed by atoms with Crippen LogP contribution in [0.15, 0.2) is 12.1 Å². The van der Waals surface area contributed by atoms with Crippen molar-refractivity contribution < 1.29 is 9.90 Å². The first-order chi connectivity index (χ1) is 8.66. The number of anilines is 1. The van der Waals surface area contributed by atoms with Crippen LogP contribution in [-0.2, 0) is 4.79 Å². The van der Waals surface area contributed by atoms with Gasteiger partial charge in [0.25, 0.3) is 0 Å². The zero-order valence-corrected chi connectivity index (χ0v) is 9.76. The summed E-state index contributed by atoms with van der Waals surface area (Å²) < 4.78 is 1.30. The molecule has 0 bridgehead atoms. The number of hydrogen-bond acceptors (Lipinski definition) is 6. The molecule has 2 aromatic heterocycles. The SMILES string of the molecule is CC1CCN(c2ccc3nnnn3n2)C1C(=O)O. The summed E-state index contributed by atoms with van der Waals surface area (Å²) in [4.78, 5) is 13.1. The van der Waals surface area contributed by atoms with Gasteiger partial charge in [-0.05, 0) is 34.9 Å². The van der Waals surface area contributed by atoms with Crippen LogP contribution in [0.5, 0.6) is 0 Å². The van der Waals surface area contributed by atoms with Gasteiger partial charge in [-0.3, -0.25) is 0 Å². The first-order valence-corrected chi connectivity index (χ1v) is 5.71. The zero-order chi connectivity index (χ0) is 12.7. The Balaban J connectivity index is 2.00. The molecule has 0 radical (unpaired) electrons. The van der Waals surface area contributed by atoms with Crippen LogP contribution >= 0.6 is 0 Å². The Labute approximate surface area is 102 Å². The van der Waals surface area contributed by atoms with E-state index in [-0.39, 0.29) is 5.92 Å². The number of carboxylic acid groups (broad SMARTS) is 1. The van der Waals surface area contributed by atoms with Crippen LogP contribution in [0.4, 0.5) is 5.82 Å². The summed E-state index contributed by atoms with van der Waals surface area (Å²) in [6.07, 6.45) is 0.840. The van der Waals surface area contributed by atoms with E-state index in [1.807, 2.05) is 6.92 Å². The minimum atomic E-state index is -0.821. The average molecular weight is 248 g/mol. The second-order valence-corrected chi connectivity index (χ2v) is 4.46. The van der Waals surface area contributed by atoms with E-state index in [1.165, 1.54) is 4.63 Å². The van der Waals surface area contributed by atoms with Gasteiger partial charge in [-0.15, -0.1) is 14.8 Å². The molecule has 3 heterocycles. The van der Waals surface area contributed by atoms with Crippen molar-refractivity contribution in [1.29, 1.82) is 0 Å². The Morgan fingerprint density at radius 2 is 2.33 bits per heavy atom. The number of nitrogens with zero attached hydrogens (tertiary/aromatic N) is 6. The van der Waals surface area contributed by atoms with E-state index in [9.17, 15) is 9.90 Å². The van der Waals surface area contributed by atoms with Gasteiger partial charge in [0.05, 0.1) is 0 Å². The first kappa shape index (κ1) is 10.9. The molecule has 1 aliphatic heterocycles. The summed E-state index contributed by atoms with van der Waals surface area (Å²) in [5.41, 5.74) is 0.540. The highest BCUT2D eigenvalue weighted by molar-refractivity contribution is 5.79. The summed E-state index contributed by atoms with van der Waals surface area (Å²) in [5.74, 6) is -0.126. The van der Waals surface area contributed by atoms with Crippen LogP contribution < -0.4 is 4.90 Å². The van der Waals surface area contributed by atoms with E-state index in [4.69, 9.17) is 0 Å². The van der Waals surface area contributed by atoms with Crippen molar-refractivity contribution in [2.45, 2.75) is 19.4 Å². The molecule has 1 N–H and O–H groups in total. The number of aromatic nitrogens is 5. The molecular weight excluding hydrogens is 236 g/mol. The third kappa shape index (κ3) is 1.57. The lowest BCUT2D eigenvalue weighted by atomic mass is 10.0. The Kier molecular flexibility index (Phi) is 2.35. The van der Waals surface area contributed by atoms with Crippen LogP contribution in [0.2, 0.25) is 0 Å². The van der Waals surface area contributed by atoms with Gasteiger partial charge >= 0.3 is 5.97 Å². The fourth-order valence-electron chi connectivity index (χ4n) is 2.37. The van der Waals surface area contributed by atoms with Gasteiger partial charge in [-0.2, -0.15) is 0 Å².